The van der Waals surface area contributed by atoms with E-state index in [1.54, 1.807) is 12.1 Å². The molecule has 0 saturated heterocycles. The van der Waals surface area contributed by atoms with Crippen LogP contribution in [0.4, 0.5) is 4.79 Å². The molecule has 2 aromatic carbocycles. The second-order valence-corrected chi connectivity index (χ2v) is 9.34. The number of fused-ring (bicyclic) bond motifs is 1. The molecule has 0 saturated carbocycles. The lowest BCUT2D eigenvalue weighted by Crippen LogP contribution is -2.27. The van der Waals surface area contributed by atoms with Crippen LogP contribution >= 0.6 is 0 Å². The minimum absolute atomic E-state index is 0.381. The lowest BCUT2D eigenvalue weighted by molar-refractivity contribution is 0.00692. The molecule has 6 heteroatoms. The molecule has 1 heterocycles. The summed E-state index contributed by atoms with van der Waals surface area (Å²) in [5.74, 6) is -0.381. The van der Waals surface area contributed by atoms with Crippen LogP contribution in [0.25, 0.3) is 22.2 Å². The van der Waals surface area contributed by atoms with Gasteiger partial charge in [0.15, 0.2) is 0 Å². The zero-order chi connectivity index (χ0) is 22.3. The normalized spacial score (nSPS) is 12.1. The Hall–Kier alpha value is -3.15. The molecule has 3 aromatic rings. The lowest BCUT2D eigenvalue weighted by Gasteiger charge is -2.19. The Morgan fingerprint density at radius 2 is 1.47 bits per heavy atom. The van der Waals surface area contributed by atoms with Crippen molar-refractivity contribution in [3.63, 3.8) is 0 Å². The molecule has 3 rings (SSSR count). The minimum atomic E-state index is -0.630. The monoisotopic (exact) mass is 408 g/mol. The van der Waals surface area contributed by atoms with Gasteiger partial charge in [0, 0.05) is 10.9 Å². The van der Waals surface area contributed by atoms with Crippen molar-refractivity contribution >= 4 is 23.0 Å². The molecule has 0 amide bonds. The molecule has 0 aliphatic carbocycles. The highest BCUT2D eigenvalue weighted by molar-refractivity contribution is 5.98. The molecular weight excluding hydrogens is 380 g/mol. The zero-order valence-corrected chi connectivity index (χ0v) is 18.6. The van der Waals surface area contributed by atoms with Gasteiger partial charge in [0.05, 0.1) is 11.1 Å². The summed E-state index contributed by atoms with van der Waals surface area (Å²) in [5.41, 5.74) is 2.43. The Kier molecular flexibility index (Phi) is 5.46. The van der Waals surface area contributed by atoms with Crippen LogP contribution in [0.3, 0.4) is 0 Å². The van der Waals surface area contributed by atoms with Crippen LogP contribution in [-0.4, -0.2) is 33.0 Å². The fourth-order valence-electron chi connectivity index (χ4n) is 2.99. The molecule has 30 heavy (non-hydrogen) atoms. The smallest absolute Gasteiger partial charge is 0.435 e. The maximum absolute atomic E-state index is 12.7. The zero-order valence-electron chi connectivity index (χ0n) is 18.6. The average Bonchev–Trinajstić information content (AvgIpc) is 2.97. The van der Waals surface area contributed by atoms with E-state index in [1.165, 1.54) is 4.68 Å². The van der Waals surface area contributed by atoms with E-state index < -0.39 is 17.3 Å². The number of carbonyl (C=O) groups excluding carboxylic acids is 2. The van der Waals surface area contributed by atoms with Crippen molar-refractivity contribution in [1.29, 1.82) is 0 Å². The van der Waals surface area contributed by atoms with Crippen molar-refractivity contribution in [1.82, 2.24) is 9.78 Å². The molecular formula is C24H28N2O4. The number of rotatable bonds is 2. The molecule has 158 valence electrons. The molecule has 0 fully saturated rings. The second kappa shape index (κ2) is 7.59. The Labute approximate surface area is 176 Å². The van der Waals surface area contributed by atoms with Crippen LogP contribution in [0.5, 0.6) is 0 Å². The fraction of sp³-hybridized carbons (Fsp3) is 0.375. The first-order valence-corrected chi connectivity index (χ1v) is 9.90. The van der Waals surface area contributed by atoms with E-state index in [9.17, 15) is 9.59 Å². The molecule has 0 unspecified atom stereocenters. The summed E-state index contributed by atoms with van der Waals surface area (Å²) in [6, 6.07) is 12.8. The molecule has 0 radical (unpaired) electrons. The number of hydrogen-bond donors (Lipinski definition) is 0. The highest BCUT2D eigenvalue weighted by Gasteiger charge is 2.23. The van der Waals surface area contributed by atoms with Crippen LogP contribution in [0.1, 0.15) is 57.5 Å². The van der Waals surface area contributed by atoms with Crippen LogP contribution in [0.15, 0.2) is 42.5 Å². The van der Waals surface area contributed by atoms with Crippen molar-refractivity contribution < 1.29 is 19.1 Å². The Bertz CT molecular complexity index is 1100. The highest BCUT2D eigenvalue weighted by Crippen LogP contribution is 2.30. The number of aromatic nitrogens is 2. The topological polar surface area (TPSA) is 70.4 Å². The quantitative estimate of drug-likeness (QED) is 0.505. The number of benzene rings is 2. The van der Waals surface area contributed by atoms with Gasteiger partial charge in [0.25, 0.3) is 0 Å². The number of nitrogens with zero attached hydrogens (tertiary/aromatic N) is 2. The Balaban J connectivity index is 2.03. The molecule has 0 aliphatic rings. The molecule has 0 aliphatic heterocycles. The standard InChI is InChI=1S/C24H28N2O4/c1-15-8-13-19-18(14-15)20(25-26(19)22(28)30-24(5,6)7)16-9-11-17(12-10-16)21(27)29-23(2,3)4/h8-14H,1-7H3. The van der Waals surface area contributed by atoms with Gasteiger partial charge < -0.3 is 9.47 Å². The number of ether oxygens (including phenoxy) is 2. The SMILES string of the molecule is Cc1ccc2c(c1)c(-c1ccc(C(=O)OC(C)(C)C)cc1)nn2C(=O)OC(C)(C)C. The summed E-state index contributed by atoms with van der Waals surface area (Å²) in [6.45, 7) is 12.9. The van der Waals surface area contributed by atoms with Gasteiger partial charge in [-0.3, -0.25) is 0 Å². The van der Waals surface area contributed by atoms with Gasteiger partial charge >= 0.3 is 12.1 Å². The summed E-state index contributed by atoms with van der Waals surface area (Å²) in [4.78, 5) is 25.0. The van der Waals surface area contributed by atoms with Crippen LogP contribution in [0.2, 0.25) is 0 Å². The third kappa shape index (κ3) is 4.87. The van der Waals surface area contributed by atoms with E-state index >= 15 is 0 Å². The second-order valence-electron chi connectivity index (χ2n) is 9.34. The van der Waals surface area contributed by atoms with E-state index in [2.05, 4.69) is 5.10 Å². The van der Waals surface area contributed by atoms with Gasteiger partial charge in [-0.2, -0.15) is 9.78 Å². The van der Waals surface area contributed by atoms with Gasteiger partial charge in [0.2, 0.25) is 0 Å². The number of carbonyl (C=O) groups is 2. The predicted molar refractivity (Wildman–Crippen MR) is 117 cm³/mol. The molecule has 0 bridgehead atoms. The Morgan fingerprint density at radius 1 is 0.867 bits per heavy atom. The highest BCUT2D eigenvalue weighted by atomic mass is 16.6. The molecule has 0 N–H and O–H groups in total. The van der Waals surface area contributed by atoms with Gasteiger partial charge in [-0.1, -0.05) is 23.8 Å². The first kappa shape index (κ1) is 21.6. The van der Waals surface area contributed by atoms with Crippen molar-refractivity contribution in [2.45, 2.75) is 59.7 Å². The lowest BCUT2D eigenvalue weighted by atomic mass is 10.0. The number of hydrogen-bond acceptors (Lipinski definition) is 5. The largest absolute Gasteiger partial charge is 0.456 e. The Morgan fingerprint density at radius 3 is 2.03 bits per heavy atom. The molecule has 6 nitrogen and oxygen atoms in total. The van der Waals surface area contributed by atoms with Gasteiger partial charge in [-0.05, 0) is 72.7 Å². The maximum atomic E-state index is 12.7. The van der Waals surface area contributed by atoms with Gasteiger partial charge in [0.1, 0.15) is 16.9 Å². The summed E-state index contributed by atoms with van der Waals surface area (Å²) in [5, 5.41) is 5.38. The third-order valence-corrected chi connectivity index (χ3v) is 4.19. The molecule has 1 aromatic heterocycles. The average molecular weight is 408 g/mol. The number of aryl methyl sites for hydroxylation is 1. The minimum Gasteiger partial charge on any atom is -0.456 e. The van der Waals surface area contributed by atoms with Crippen molar-refractivity contribution in [3.8, 4) is 11.3 Å². The predicted octanol–water partition coefficient (Wildman–Crippen LogP) is 5.75. The van der Waals surface area contributed by atoms with Crippen molar-refractivity contribution in [2.75, 3.05) is 0 Å². The van der Waals surface area contributed by atoms with Crippen molar-refractivity contribution in [3.05, 3.63) is 53.6 Å². The van der Waals surface area contributed by atoms with E-state index in [0.717, 1.165) is 16.5 Å². The molecule has 0 spiro atoms. The summed E-state index contributed by atoms with van der Waals surface area (Å²) >= 11 is 0. The third-order valence-electron chi connectivity index (χ3n) is 4.19. The fourth-order valence-corrected chi connectivity index (χ4v) is 2.99. The van der Waals surface area contributed by atoms with Crippen LogP contribution in [0, 0.1) is 6.92 Å². The summed E-state index contributed by atoms with van der Waals surface area (Å²) < 4.78 is 12.2. The first-order chi connectivity index (χ1) is 13.8. The van der Waals surface area contributed by atoms with Gasteiger partial charge in [-0.15, -0.1) is 0 Å². The van der Waals surface area contributed by atoms with E-state index in [1.807, 2.05) is 78.8 Å². The van der Waals surface area contributed by atoms with Gasteiger partial charge in [-0.25, -0.2) is 9.59 Å². The van der Waals surface area contributed by atoms with Crippen LogP contribution in [-0.2, 0) is 9.47 Å². The van der Waals surface area contributed by atoms with E-state index in [4.69, 9.17) is 9.47 Å². The van der Waals surface area contributed by atoms with Crippen molar-refractivity contribution in [2.24, 2.45) is 0 Å². The summed E-state index contributed by atoms with van der Waals surface area (Å²) in [7, 11) is 0. The summed E-state index contributed by atoms with van der Waals surface area (Å²) in [6.07, 6.45) is -0.534. The molecule has 0 atom stereocenters. The van der Waals surface area contributed by atoms with Crippen LogP contribution < -0.4 is 0 Å². The first-order valence-electron chi connectivity index (χ1n) is 9.90. The van der Waals surface area contributed by atoms with E-state index in [0.29, 0.717) is 16.8 Å². The number of esters is 1. The maximum Gasteiger partial charge on any atom is 0.435 e. The van der Waals surface area contributed by atoms with E-state index in [-0.39, 0.29) is 5.97 Å².